The molecule has 3 atom stereocenters. The van der Waals surface area contributed by atoms with Gasteiger partial charge in [0, 0.05) is 56.9 Å². The number of carbonyl (C=O) groups excluding carboxylic acids is 2. The minimum atomic E-state index is -0.125. The van der Waals surface area contributed by atoms with Crippen molar-refractivity contribution >= 4 is 11.8 Å². The average molecular weight is 397 g/mol. The molecule has 154 valence electrons. The summed E-state index contributed by atoms with van der Waals surface area (Å²) in [5.41, 5.74) is 2.05. The summed E-state index contributed by atoms with van der Waals surface area (Å²) in [6.45, 7) is 3.17. The van der Waals surface area contributed by atoms with E-state index in [-0.39, 0.29) is 35.3 Å². The summed E-state index contributed by atoms with van der Waals surface area (Å²) in [7, 11) is 0. The van der Waals surface area contributed by atoms with Gasteiger partial charge in [-0.25, -0.2) is 0 Å². The van der Waals surface area contributed by atoms with Gasteiger partial charge >= 0.3 is 0 Å². The Hall–Kier alpha value is -2.90. The lowest BCUT2D eigenvalue weighted by molar-refractivity contribution is -0.134. The number of likely N-dealkylation sites (tertiary alicyclic amines) is 1. The Kier molecular flexibility index (Phi) is 5.51. The molecule has 4 rings (SSSR count). The smallest absolute Gasteiger partial charge is 0.251 e. The van der Waals surface area contributed by atoms with Gasteiger partial charge in [0.1, 0.15) is 0 Å². The molecule has 0 spiro atoms. The monoisotopic (exact) mass is 397 g/mol. The van der Waals surface area contributed by atoms with Gasteiger partial charge in [0.15, 0.2) is 0 Å². The lowest BCUT2D eigenvalue weighted by Gasteiger charge is -2.47. The number of fused-ring (bicyclic) bond motifs is 4. The predicted molar refractivity (Wildman–Crippen MR) is 107 cm³/mol. The van der Waals surface area contributed by atoms with Gasteiger partial charge in [-0.15, -0.1) is 0 Å². The van der Waals surface area contributed by atoms with Gasteiger partial charge in [0.25, 0.3) is 5.56 Å². The molecule has 0 unspecified atom stereocenters. The van der Waals surface area contributed by atoms with E-state index in [1.807, 2.05) is 21.7 Å². The van der Waals surface area contributed by atoms with Gasteiger partial charge < -0.3 is 14.8 Å². The molecule has 2 bridgehead atoms. The van der Waals surface area contributed by atoms with Crippen LogP contribution in [0.1, 0.15) is 49.4 Å². The number of piperidine rings is 1. The average Bonchev–Trinajstić information content (AvgIpc) is 3.21. The Morgan fingerprint density at radius 3 is 2.93 bits per heavy atom. The van der Waals surface area contributed by atoms with E-state index in [1.54, 1.807) is 18.3 Å². The van der Waals surface area contributed by atoms with Gasteiger partial charge in [-0.05, 0) is 36.8 Å². The van der Waals surface area contributed by atoms with Crippen molar-refractivity contribution in [2.24, 2.45) is 5.92 Å². The largest absolute Gasteiger partial charge is 0.354 e. The third kappa shape index (κ3) is 4.11. The fourth-order valence-corrected chi connectivity index (χ4v) is 4.77. The molecule has 2 aromatic rings. The van der Waals surface area contributed by atoms with E-state index < -0.39 is 0 Å². The van der Waals surface area contributed by atoms with E-state index in [9.17, 15) is 14.4 Å². The van der Waals surface area contributed by atoms with E-state index in [1.165, 1.54) is 6.92 Å². The topological polar surface area (TPSA) is 100 Å². The maximum Gasteiger partial charge on any atom is 0.251 e. The van der Waals surface area contributed by atoms with Crippen LogP contribution in [0.25, 0.3) is 0 Å². The Morgan fingerprint density at radius 2 is 2.17 bits per heavy atom. The second-order valence-electron chi connectivity index (χ2n) is 8.11. The molecule has 0 radical (unpaired) electrons. The molecule has 0 saturated carbocycles. The number of nitrogens with one attached hydrogen (secondary N) is 2. The number of nitrogens with zero attached hydrogens (tertiary/aromatic N) is 3. The molecule has 4 heterocycles. The molecular weight excluding hydrogens is 370 g/mol. The van der Waals surface area contributed by atoms with E-state index in [2.05, 4.69) is 15.5 Å². The number of pyridine rings is 1. The third-order valence-electron chi connectivity index (χ3n) is 6.12. The minimum Gasteiger partial charge on any atom is -0.354 e. The van der Waals surface area contributed by atoms with Gasteiger partial charge in [0.05, 0.1) is 12.2 Å². The second-order valence-corrected chi connectivity index (χ2v) is 8.11. The molecule has 0 aliphatic carbocycles. The molecule has 2 aliphatic rings. The van der Waals surface area contributed by atoms with Gasteiger partial charge in [-0.1, -0.05) is 6.07 Å². The zero-order chi connectivity index (χ0) is 20.4. The Bertz CT molecular complexity index is 936. The first kappa shape index (κ1) is 19.4. The van der Waals surface area contributed by atoms with Crippen LogP contribution >= 0.6 is 0 Å². The number of aryl methyl sites for hydroxylation is 1. The summed E-state index contributed by atoms with van der Waals surface area (Å²) in [6, 6.07) is 5.22. The van der Waals surface area contributed by atoms with Gasteiger partial charge in [0.2, 0.25) is 11.8 Å². The zero-order valence-electron chi connectivity index (χ0n) is 16.6. The van der Waals surface area contributed by atoms with Crippen molar-refractivity contribution in [3.63, 3.8) is 0 Å². The highest BCUT2D eigenvalue weighted by atomic mass is 16.2. The fourth-order valence-electron chi connectivity index (χ4n) is 4.77. The number of carbonyl (C=O) groups is 2. The highest BCUT2D eigenvalue weighted by Gasteiger charge is 2.41. The van der Waals surface area contributed by atoms with Crippen LogP contribution in [-0.2, 0) is 16.0 Å². The van der Waals surface area contributed by atoms with Crippen molar-refractivity contribution in [2.75, 3.05) is 19.6 Å². The molecule has 8 heteroatoms. The maximum atomic E-state index is 12.9. The highest BCUT2D eigenvalue weighted by Crippen LogP contribution is 2.41. The molecule has 29 heavy (non-hydrogen) atoms. The first-order valence-electron chi connectivity index (χ1n) is 10.2. The maximum absolute atomic E-state index is 12.9. The lowest BCUT2D eigenvalue weighted by Crippen LogP contribution is -2.53. The van der Waals surface area contributed by atoms with Crippen molar-refractivity contribution in [2.45, 2.75) is 44.6 Å². The Labute approximate surface area is 169 Å². The van der Waals surface area contributed by atoms with Crippen LogP contribution in [0, 0.1) is 5.92 Å². The van der Waals surface area contributed by atoms with E-state index in [0.717, 1.165) is 30.5 Å². The van der Waals surface area contributed by atoms with Crippen molar-refractivity contribution < 1.29 is 9.59 Å². The van der Waals surface area contributed by atoms with Crippen LogP contribution in [0.15, 0.2) is 35.4 Å². The SMILES string of the molecule is CC(=O)NC[C@H]1[C@H]2C[C@H](CN(C(=O)CCCc3cn[nH]c3)C2)c2cccc(=O)n21. The Balaban J connectivity index is 1.49. The van der Waals surface area contributed by atoms with Gasteiger partial charge in [-0.2, -0.15) is 5.10 Å². The molecule has 2 amide bonds. The zero-order valence-corrected chi connectivity index (χ0v) is 16.6. The Morgan fingerprint density at radius 1 is 1.31 bits per heavy atom. The number of amides is 2. The van der Waals surface area contributed by atoms with Crippen LogP contribution < -0.4 is 10.9 Å². The molecule has 1 fully saturated rings. The molecule has 2 aliphatic heterocycles. The van der Waals surface area contributed by atoms with Crippen LogP contribution in [0.4, 0.5) is 0 Å². The number of hydrogen-bond acceptors (Lipinski definition) is 4. The van der Waals surface area contributed by atoms with Gasteiger partial charge in [-0.3, -0.25) is 19.5 Å². The van der Waals surface area contributed by atoms with Crippen LogP contribution in [0.5, 0.6) is 0 Å². The third-order valence-corrected chi connectivity index (χ3v) is 6.12. The second kappa shape index (κ2) is 8.23. The van der Waals surface area contributed by atoms with Crippen LogP contribution in [0.2, 0.25) is 0 Å². The van der Waals surface area contributed by atoms with Crippen LogP contribution in [-0.4, -0.2) is 51.1 Å². The van der Waals surface area contributed by atoms with Crippen molar-refractivity contribution in [1.82, 2.24) is 25.0 Å². The summed E-state index contributed by atoms with van der Waals surface area (Å²) in [5, 5.41) is 9.60. The summed E-state index contributed by atoms with van der Waals surface area (Å²) in [6.07, 6.45) is 6.70. The summed E-state index contributed by atoms with van der Waals surface area (Å²) < 4.78 is 1.84. The molecule has 2 aromatic heterocycles. The normalized spacial score (nSPS) is 22.8. The number of H-pyrrole nitrogens is 1. The van der Waals surface area contributed by atoms with Crippen molar-refractivity contribution in [3.05, 3.63) is 52.2 Å². The molecule has 2 N–H and O–H groups in total. The molecule has 0 aromatic carbocycles. The van der Waals surface area contributed by atoms with E-state index >= 15 is 0 Å². The fraction of sp³-hybridized carbons (Fsp3) is 0.524. The first-order chi connectivity index (χ1) is 14.0. The standard InChI is InChI=1S/C21H27N5O3/c1-14(27)22-11-19-17-8-16(18-5-3-7-21(29)26(18)19)12-25(13-17)20(28)6-2-4-15-9-23-24-10-15/h3,5,7,9-10,16-17,19H,2,4,6,8,11-13H2,1H3,(H,22,27)(H,23,24)/t16-,17+,19+/m1/s1. The van der Waals surface area contributed by atoms with Crippen molar-refractivity contribution in [1.29, 1.82) is 0 Å². The minimum absolute atomic E-state index is 0.0348. The number of aromatic amines is 1. The first-order valence-corrected chi connectivity index (χ1v) is 10.2. The molecular formula is C21H27N5O3. The predicted octanol–water partition coefficient (Wildman–Crippen LogP) is 1.22. The van der Waals surface area contributed by atoms with Crippen LogP contribution in [0.3, 0.4) is 0 Å². The quantitative estimate of drug-likeness (QED) is 0.765. The number of rotatable bonds is 6. The highest BCUT2D eigenvalue weighted by molar-refractivity contribution is 5.76. The van der Waals surface area contributed by atoms with Crippen molar-refractivity contribution in [3.8, 4) is 0 Å². The molecule has 8 nitrogen and oxygen atoms in total. The summed E-state index contributed by atoms with van der Waals surface area (Å²) >= 11 is 0. The summed E-state index contributed by atoms with van der Waals surface area (Å²) in [5.74, 6) is 0.369. The lowest BCUT2D eigenvalue weighted by atomic mass is 9.78. The molecule has 1 saturated heterocycles. The number of hydrogen-bond donors (Lipinski definition) is 2. The number of aromatic nitrogens is 3. The van der Waals surface area contributed by atoms with E-state index in [4.69, 9.17) is 0 Å². The van der Waals surface area contributed by atoms with E-state index in [0.29, 0.717) is 26.1 Å². The summed E-state index contributed by atoms with van der Waals surface area (Å²) in [4.78, 5) is 38.9.